The third kappa shape index (κ3) is 2.38. The first-order valence-electron chi connectivity index (χ1n) is 7.56. The van der Waals surface area contributed by atoms with Crippen molar-refractivity contribution in [3.05, 3.63) is 0 Å². The van der Waals surface area contributed by atoms with Crippen molar-refractivity contribution in [3.8, 4) is 0 Å². The van der Waals surface area contributed by atoms with Crippen molar-refractivity contribution < 1.29 is 0 Å². The van der Waals surface area contributed by atoms with Gasteiger partial charge < -0.3 is 5.73 Å². The molecule has 3 heterocycles. The van der Waals surface area contributed by atoms with Crippen LogP contribution in [-0.2, 0) is 0 Å². The Morgan fingerprint density at radius 1 is 0.824 bits per heavy atom. The maximum atomic E-state index is 5.86. The number of hydrogen-bond acceptors (Lipinski definition) is 3. The van der Waals surface area contributed by atoms with Crippen LogP contribution in [0, 0.1) is 5.92 Å². The van der Waals surface area contributed by atoms with E-state index in [0.717, 1.165) is 24.5 Å². The summed E-state index contributed by atoms with van der Waals surface area (Å²) in [5, 5.41) is 0. The van der Waals surface area contributed by atoms with Gasteiger partial charge in [0.1, 0.15) is 0 Å². The maximum absolute atomic E-state index is 5.86. The number of fused-ring (bicyclic) bond motifs is 1. The van der Waals surface area contributed by atoms with Crippen LogP contribution >= 0.6 is 0 Å². The minimum absolute atomic E-state index is 0.765. The second-order valence-corrected chi connectivity index (χ2v) is 6.19. The highest BCUT2D eigenvalue weighted by Gasteiger charge is 2.39. The molecule has 3 heteroatoms. The molecule has 0 aromatic carbocycles. The summed E-state index contributed by atoms with van der Waals surface area (Å²) in [5.74, 6) is 0.765. The second-order valence-electron chi connectivity index (χ2n) is 6.19. The van der Waals surface area contributed by atoms with Gasteiger partial charge in [-0.15, -0.1) is 0 Å². The van der Waals surface area contributed by atoms with Crippen molar-refractivity contribution in [2.75, 3.05) is 32.7 Å². The van der Waals surface area contributed by atoms with Crippen molar-refractivity contribution in [2.24, 2.45) is 11.7 Å². The van der Waals surface area contributed by atoms with Gasteiger partial charge in [-0.05, 0) is 57.7 Å². The van der Waals surface area contributed by atoms with E-state index in [2.05, 4.69) is 9.80 Å². The smallest absolute Gasteiger partial charge is 0.0263 e. The van der Waals surface area contributed by atoms with Gasteiger partial charge in [-0.1, -0.05) is 6.42 Å². The molecule has 3 aliphatic rings. The van der Waals surface area contributed by atoms with Gasteiger partial charge in [-0.25, -0.2) is 0 Å². The third-order valence-electron chi connectivity index (χ3n) is 5.17. The lowest BCUT2D eigenvalue weighted by atomic mass is 9.92. The first-order valence-corrected chi connectivity index (χ1v) is 7.56. The predicted molar refractivity (Wildman–Crippen MR) is 71.0 cm³/mol. The quantitative estimate of drug-likeness (QED) is 0.785. The van der Waals surface area contributed by atoms with Gasteiger partial charge in [0.15, 0.2) is 0 Å². The van der Waals surface area contributed by atoms with Crippen molar-refractivity contribution in [3.63, 3.8) is 0 Å². The topological polar surface area (TPSA) is 32.5 Å². The first kappa shape index (κ1) is 11.9. The summed E-state index contributed by atoms with van der Waals surface area (Å²) in [6.45, 7) is 6.18. The van der Waals surface area contributed by atoms with Gasteiger partial charge in [-0.3, -0.25) is 9.80 Å². The molecule has 0 aromatic heterocycles. The molecule has 3 unspecified atom stereocenters. The fraction of sp³-hybridized carbons (Fsp3) is 1.00. The molecule has 0 bridgehead atoms. The first-order chi connectivity index (χ1) is 8.38. The standard InChI is InChI=1S/C14H27N3/c15-10-12-4-3-8-17(11-12)14-6-9-16-7-2-1-5-13(14)16/h12-14H,1-11,15H2. The fourth-order valence-electron chi connectivity index (χ4n) is 4.24. The Hall–Kier alpha value is -0.120. The summed E-state index contributed by atoms with van der Waals surface area (Å²) in [5.41, 5.74) is 5.86. The van der Waals surface area contributed by atoms with Crippen LogP contribution in [0.5, 0.6) is 0 Å². The molecule has 0 spiro atoms. The molecule has 98 valence electrons. The van der Waals surface area contributed by atoms with Crippen molar-refractivity contribution >= 4 is 0 Å². The van der Waals surface area contributed by atoms with E-state index in [1.165, 1.54) is 64.7 Å². The van der Waals surface area contributed by atoms with Crippen LogP contribution < -0.4 is 5.73 Å². The highest BCUT2D eigenvalue weighted by atomic mass is 15.3. The van der Waals surface area contributed by atoms with Crippen LogP contribution in [0.25, 0.3) is 0 Å². The number of nitrogens with zero attached hydrogens (tertiary/aromatic N) is 2. The zero-order chi connectivity index (χ0) is 11.7. The number of hydrogen-bond donors (Lipinski definition) is 1. The molecule has 3 rings (SSSR count). The lowest BCUT2D eigenvalue weighted by molar-refractivity contribution is 0.0801. The van der Waals surface area contributed by atoms with Gasteiger partial charge in [0, 0.05) is 25.2 Å². The maximum Gasteiger partial charge on any atom is 0.0263 e. The molecule has 3 fully saturated rings. The number of piperidine rings is 2. The van der Waals surface area contributed by atoms with Gasteiger partial charge in [-0.2, -0.15) is 0 Å². The minimum atomic E-state index is 0.765. The largest absolute Gasteiger partial charge is 0.330 e. The van der Waals surface area contributed by atoms with Crippen molar-refractivity contribution in [1.29, 1.82) is 0 Å². The zero-order valence-electron chi connectivity index (χ0n) is 11.0. The van der Waals surface area contributed by atoms with E-state index in [0.29, 0.717) is 0 Å². The second kappa shape index (κ2) is 5.25. The molecule has 3 atom stereocenters. The summed E-state index contributed by atoms with van der Waals surface area (Å²) < 4.78 is 0. The molecule has 0 aliphatic carbocycles. The van der Waals surface area contributed by atoms with Crippen LogP contribution in [0.2, 0.25) is 0 Å². The summed E-state index contributed by atoms with van der Waals surface area (Å²) in [6.07, 6.45) is 8.44. The Balaban J connectivity index is 1.63. The number of rotatable bonds is 2. The van der Waals surface area contributed by atoms with Gasteiger partial charge in [0.25, 0.3) is 0 Å². The SMILES string of the molecule is NCC1CCCN(C2CCN3CCCCC23)C1. The van der Waals surface area contributed by atoms with E-state index >= 15 is 0 Å². The molecule has 17 heavy (non-hydrogen) atoms. The van der Waals surface area contributed by atoms with E-state index in [1.54, 1.807) is 0 Å². The molecule has 2 N–H and O–H groups in total. The normalized spacial score (nSPS) is 40.4. The lowest BCUT2D eigenvalue weighted by Gasteiger charge is -2.41. The lowest BCUT2D eigenvalue weighted by Crippen LogP contribution is -2.51. The van der Waals surface area contributed by atoms with Gasteiger partial charge in [0.2, 0.25) is 0 Å². The van der Waals surface area contributed by atoms with E-state index in [-0.39, 0.29) is 0 Å². The highest BCUT2D eigenvalue weighted by molar-refractivity contribution is 4.96. The van der Waals surface area contributed by atoms with Crippen LogP contribution in [0.3, 0.4) is 0 Å². The van der Waals surface area contributed by atoms with Gasteiger partial charge >= 0.3 is 0 Å². The Kier molecular flexibility index (Phi) is 3.69. The molecule has 3 saturated heterocycles. The molecular weight excluding hydrogens is 210 g/mol. The zero-order valence-corrected chi connectivity index (χ0v) is 11.0. The molecule has 0 saturated carbocycles. The van der Waals surface area contributed by atoms with Crippen molar-refractivity contribution in [2.45, 2.75) is 50.6 Å². The monoisotopic (exact) mass is 237 g/mol. The Labute approximate surface area is 105 Å². The predicted octanol–water partition coefficient (Wildman–Crippen LogP) is 1.28. The summed E-state index contributed by atoms with van der Waals surface area (Å²) in [4.78, 5) is 5.53. The molecule has 0 radical (unpaired) electrons. The average Bonchev–Trinajstić information content (AvgIpc) is 2.82. The molecular formula is C14H27N3. The van der Waals surface area contributed by atoms with E-state index in [1.807, 2.05) is 0 Å². The number of nitrogens with two attached hydrogens (primary N) is 1. The summed E-state index contributed by atoms with van der Waals surface area (Å²) >= 11 is 0. The summed E-state index contributed by atoms with van der Waals surface area (Å²) in [6, 6.07) is 1.73. The Morgan fingerprint density at radius 3 is 2.53 bits per heavy atom. The summed E-state index contributed by atoms with van der Waals surface area (Å²) in [7, 11) is 0. The molecule has 3 nitrogen and oxygen atoms in total. The average molecular weight is 237 g/mol. The van der Waals surface area contributed by atoms with Gasteiger partial charge in [0.05, 0.1) is 0 Å². The van der Waals surface area contributed by atoms with Crippen LogP contribution in [0.4, 0.5) is 0 Å². The molecule has 3 aliphatic heterocycles. The Morgan fingerprint density at radius 2 is 1.65 bits per heavy atom. The van der Waals surface area contributed by atoms with Crippen LogP contribution in [0.15, 0.2) is 0 Å². The third-order valence-corrected chi connectivity index (χ3v) is 5.17. The van der Waals surface area contributed by atoms with E-state index in [9.17, 15) is 0 Å². The minimum Gasteiger partial charge on any atom is -0.330 e. The fourth-order valence-corrected chi connectivity index (χ4v) is 4.24. The Bertz CT molecular complexity index is 256. The molecule has 0 aromatic rings. The van der Waals surface area contributed by atoms with Crippen molar-refractivity contribution in [1.82, 2.24) is 9.80 Å². The van der Waals surface area contributed by atoms with Crippen LogP contribution in [-0.4, -0.2) is 54.6 Å². The molecule has 0 amide bonds. The number of likely N-dealkylation sites (tertiary alicyclic amines) is 1. The van der Waals surface area contributed by atoms with E-state index in [4.69, 9.17) is 5.73 Å². The van der Waals surface area contributed by atoms with Crippen LogP contribution in [0.1, 0.15) is 38.5 Å². The van der Waals surface area contributed by atoms with E-state index < -0.39 is 0 Å². The highest BCUT2D eigenvalue weighted by Crippen LogP contribution is 2.32.